The van der Waals surface area contributed by atoms with Crippen LogP contribution in [0.4, 0.5) is 11.4 Å². The Kier molecular flexibility index (Phi) is 3.27. The molecule has 0 fully saturated rings. The fraction of sp³-hybridized carbons (Fsp3) is 0.133. The smallest absolute Gasteiger partial charge is 0.262 e. The number of nitrogen functional groups attached to an aromatic ring is 1. The summed E-state index contributed by atoms with van der Waals surface area (Å²) in [5.41, 5.74) is 6.91. The minimum Gasteiger partial charge on any atom is -0.493 e. The number of nitrogens with one attached hydrogen (secondary N) is 1. The Morgan fingerprint density at radius 1 is 1.19 bits per heavy atom. The second-order valence-electron chi connectivity index (χ2n) is 4.48. The topological polar surface area (TPSA) is 82.8 Å². The number of carbonyl (C=O) groups is 1. The molecule has 0 saturated heterocycles. The van der Waals surface area contributed by atoms with Gasteiger partial charge in [-0.15, -0.1) is 0 Å². The SMILES string of the molecule is COc1ccccc1Oc1cc2c(cc1N)OCC(=O)N2. The summed E-state index contributed by atoms with van der Waals surface area (Å²) < 4.78 is 16.3. The maximum absolute atomic E-state index is 11.4. The van der Waals surface area contributed by atoms with Crippen LogP contribution >= 0.6 is 0 Å². The Morgan fingerprint density at radius 2 is 1.95 bits per heavy atom. The van der Waals surface area contributed by atoms with Crippen LogP contribution in [0.5, 0.6) is 23.0 Å². The molecule has 6 heteroatoms. The Hall–Kier alpha value is -2.89. The van der Waals surface area contributed by atoms with Crippen LogP contribution in [0.25, 0.3) is 0 Å². The van der Waals surface area contributed by atoms with Gasteiger partial charge in [-0.3, -0.25) is 4.79 Å². The summed E-state index contributed by atoms with van der Waals surface area (Å²) in [7, 11) is 1.56. The van der Waals surface area contributed by atoms with E-state index in [0.717, 1.165) is 0 Å². The first-order chi connectivity index (χ1) is 10.2. The molecule has 0 aliphatic carbocycles. The van der Waals surface area contributed by atoms with Crippen molar-refractivity contribution in [3.63, 3.8) is 0 Å². The number of nitrogens with two attached hydrogens (primary N) is 1. The minimum atomic E-state index is -0.212. The standard InChI is InChI=1S/C15H14N2O4/c1-19-11-4-2-3-5-12(11)21-13-7-10-14(6-9(13)16)20-8-15(18)17-10/h2-7H,8,16H2,1H3,(H,17,18). The highest BCUT2D eigenvalue weighted by Crippen LogP contribution is 2.40. The minimum absolute atomic E-state index is 0.0147. The van der Waals surface area contributed by atoms with Crippen molar-refractivity contribution >= 4 is 17.3 Å². The van der Waals surface area contributed by atoms with Crippen molar-refractivity contribution in [3.05, 3.63) is 36.4 Å². The van der Waals surface area contributed by atoms with Crippen LogP contribution in [0.1, 0.15) is 0 Å². The molecule has 1 amide bonds. The van der Waals surface area contributed by atoms with E-state index in [1.807, 2.05) is 12.1 Å². The molecule has 1 heterocycles. The molecule has 0 unspecified atom stereocenters. The van der Waals surface area contributed by atoms with Crippen LogP contribution in [0.2, 0.25) is 0 Å². The highest BCUT2D eigenvalue weighted by atomic mass is 16.5. The zero-order valence-electron chi connectivity index (χ0n) is 11.4. The molecule has 2 aromatic rings. The lowest BCUT2D eigenvalue weighted by atomic mass is 10.2. The summed E-state index contributed by atoms with van der Waals surface area (Å²) in [5, 5.41) is 2.71. The number of hydrogen-bond donors (Lipinski definition) is 2. The number of rotatable bonds is 3. The number of amides is 1. The van der Waals surface area contributed by atoms with Crippen molar-refractivity contribution in [2.75, 3.05) is 24.8 Å². The third kappa shape index (κ3) is 2.55. The average molecular weight is 286 g/mol. The Morgan fingerprint density at radius 3 is 2.71 bits per heavy atom. The van der Waals surface area contributed by atoms with Crippen LogP contribution in [0, 0.1) is 0 Å². The van der Waals surface area contributed by atoms with E-state index in [-0.39, 0.29) is 12.5 Å². The van der Waals surface area contributed by atoms with E-state index in [1.165, 1.54) is 0 Å². The highest BCUT2D eigenvalue weighted by molar-refractivity contribution is 5.96. The molecule has 2 aromatic carbocycles. The number of fused-ring (bicyclic) bond motifs is 1. The number of hydrogen-bond acceptors (Lipinski definition) is 5. The molecular formula is C15H14N2O4. The zero-order valence-corrected chi connectivity index (χ0v) is 11.4. The second kappa shape index (κ2) is 5.24. The van der Waals surface area contributed by atoms with Gasteiger partial charge in [0.1, 0.15) is 5.75 Å². The van der Waals surface area contributed by atoms with E-state index >= 15 is 0 Å². The van der Waals surface area contributed by atoms with Crippen molar-refractivity contribution in [3.8, 4) is 23.0 Å². The lowest BCUT2D eigenvalue weighted by molar-refractivity contribution is -0.118. The maximum atomic E-state index is 11.4. The normalized spacial score (nSPS) is 12.9. The predicted octanol–water partition coefficient (Wildman–Crippen LogP) is 2.40. The number of carbonyl (C=O) groups excluding carboxylic acids is 1. The predicted molar refractivity (Wildman–Crippen MR) is 78.0 cm³/mol. The number of anilines is 2. The maximum Gasteiger partial charge on any atom is 0.262 e. The van der Waals surface area contributed by atoms with E-state index in [9.17, 15) is 4.79 Å². The third-order valence-corrected chi connectivity index (χ3v) is 3.03. The van der Waals surface area contributed by atoms with Gasteiger partial charge in [0.15, 0.2) is 23.9 Å². The Labute approximate surface area is 121 Å². The molecule has 108 valence electrons. The molecule has 1 aliphatic rings. The van der Waals surface area contributed by atoms with E-state index in [2.05, 4.69) is 5.32 Å². The molecule has 3 N–H and O–H groups in total. The van der Waals surface area contributed by atoms with E-state index in [4.69, 9.17) is 19.9 Å². The molecule has 0 bridgehead atoms. The van der Waals surface area contributed by atoms with Gasteiger partial charge in [-0.1, -0.05) is 12.1 Å². The Bertz CT molecular complexity index is 700. The summed E-state index contributed by atoms with van der Waals surface area (Å²) >= 11 is 0. The molecule has 0 saturated carbocycles. The van der Waals surface area contributed by atoms with Crippen LogP contribution < -0.4 is 25.3 Å². The van der Waals surface area contributed by atoms with Crippen LogP contribution in [-0.2, 0) is 4.79 Å². The monoisotopic (exact) mass is 286 g/mol. The molecular weight excluding hydrogens is 272 g/mol. The van der Waals surface area contributed by atoms with Gasteiger partial charge >= 0.3 is 0 Å². The van der Waals surface area contributed by atoms with Crippen LogP contribution in [0.3, 0.4) is 0 Å². The molecule has 0 radical (unpaired) electrons. The largest absolute Gasteiger partial charge is 0.493 e. The van der Waals surface area contributed by atoms with Gasteiger partial charge in [0.2, 0.25) is 0 Å². The van der Waals surface area contributed by atoms with Crippen molar-refractivity contribution in [1.29, 1.82) is 0 Å². The van der Waals surface area contributed by atoms with E-state index in [0.29, 0.717) is 34.4 Å². The second-order valence-corrected chi connectivity index (χ2v) is 4.48. The number of para-hydroxylation sites is 2. The van der Waals surface area contributed by atoms with Gasteiger partial charge in [-0.25, -0.2) is 0 Å². The van der Waals surface area contributed by atoms with Crippen molar-refractivity contribution in [1.82, 2.24) is 0 Å². The van der Waals surface area contributed by atoms with Crippen molar-refractivity contribution < 1.29 is 19.0 Å². The first-order valence-corrected chi connectivity index (χ1v) is 6.34. The van der Waals surface area contributed by atoms with Gasteiger partial charge in [-0.2, -0.15) is 0 Å². The van der Waals surface area contributed by atoms with Crippen molar-refractivity contribution in [2.45, 2.75) is 0 Å². The first kappa shape index (κ1) is 13.1. The van der Waals surface area contributed by atoms with E-state index in [1.54, 1.807) is 31.4 Å². The lowest BCUT2D eigenvalue weighted by Crippen LogP contribution is -2.25. The molecule has 21 heavy (non-hydrogen) atoms. The van der Waals surface area contributed by atoms with Gasteiger partial charge in [0.05, 0.1) is 18.5 Å². The fourth-order valence-corrected chi connectivity index (χ4v) is 2.03. The molecule has 3 rings (SSSR count). The molecule has 0 atom stereocenters. The van der Waals surface area contributed by atoms with Gasteiger partial charge < -0.3 is 25.3 Å². The summed E-state index contributed by atoms with van der Waals surface area (Å²) in [4.78, 5) is 11.4. The highest BCUT2D eigenvalue weighted by Gasteiger charge is 2.19. The van der Waals surface area contributed by atoms with Gasteiger partial charge in [0.25, 0.3) is 5.91 Å². The molecule has 6 nitrogen and oxygen atoms in total. The number of benzene rings is 2. The number of methoxy groups -OCH3 is 1. The molecule has 0 spiro atoms. The van der Waals surface area contributed by atoms with Crippen LogP contribution in [-0.4, -0.2) is 19.6 Å². The first-order valence-electron chi connectivity index (χ1n) is 6.34. The Balaban J connectivity index is 1.95. The quantitative estimate of drug-likeness (QED) is 0.847. The average Bonchev–Trinajstić information content (AvgIpc) is 2.49. The summed E-state index contributed by atoms with van der Waals surface area (Å²) in [6.45, 7) is -0.0147. The summed E-state index contributed by atoms with van der Waals surface area (Å²) in [6, 6.07) is 10.5. The summed E-state index contributed by atoms with van der Waals surface area (Å²) in [5.74, 6) is 1.86. The number of ether oxygens (including phenoxy) is 3. The summed E-state index contributed by atoms with van der Waals surface area (Å²) in [6.07, 6.45) is 0. The van der Waals surface area contributed by atoms with Gasteiger partial charge in [0, 0.05) is 12.1 Å². The van der Waals surface area contributed by atoms with E-state index < -0.39 is 0 Å². The molecule has 1 aliphatic heterocycles. The third-order valence-electron chi connectivity index (χ3n) is 3.03. The fourth-order valence-electron chi connectivity index (χ4n) is 2.03. The molecule has 0 aromatic heterocycles. The zero-order chi connectivity index (χ0) is 14.8. The lowest BCUT2D eigenvalue weighted by Gasteiger charge is -2.20. The van der Waals surface area contributed by atoms with Crippen LogP contribution in [0.15, 0.2) is 36.4 Å². The van der Waals surface area contributed by atoms with Crippen molar-refractivity contribution in [2.24, 2.45) is 0 Å². The van der Waals surface area contributed by atoms with Gasteiger partial charge in [-0.05, 0) is 12.1 Å².